The molecule has 57 heavy (non-hydrogen) atoms. The minimum Gasteiger partial charge on any atom is -0.456 e. The quantitative estimate of drug-likeness (QED) is 0.176. The summed E-state index contributed by atoms with van der Waals surface area (Å²) in [6, 6.07) is 62.6. The molecule has 0 atom stereocenters. The van der Waals surface area contributed by atoms with Crippen LogP contribution >= 0.6 is 0 Å². The van der Waals surface area contributed by atoms with Crippen LogP contribution in [0.15, 0.2) is 191 Å². The van der Waals surface area contributed by atoms with E-state index in [2.05, 4.69) is 126 Å². The van der Waals surface area contributed by atoms with E-state index < -0.39 is 0 Å². The molecule has 0 unspecified atom stereocenters. The van der Waals surface area contributed by atoms with E-state index >= 15 is 0 Å². The van der Waals surface area contributed by atoms with Gasteiger partial charge in [0.25, 0.3) is 0 Å². The van der Waals surface area contributed by atoms with Crippen molar-refractivity contribution in [1.29, 1.82) is 0 Å². The summed E-state index contributed by atoms with van der Waals surface area (Å²) in [7, 11) is 0. The molecule has 4 aromatic heterocycles. The van der Waals surface area contributed by atoms with E-state index in [-0.39, 0.29) is 0 Å². The van der Waals surface area contributed by atoms with Crippen LogP contribution in [0.4, 0.5) is 0 Å². The number of rotatable bonds is 5. The molecule has 6 heteroatoms. The predicted octanol–water partition coefficient (Wildman–Crippen LogP) is 13.4. The van der Waals surface area contributed by atoms with Gasteiger partial charge < -0.3 is 8.83 Å². The zero-order chi connectivity index (χ0) is 37.5. The van der Waals surface area contributed by atoms with Crippen molar-refractivity contribution in [2.24, 2.45) is 0 Å². The van der Waals surface area contributed by atoms with E-state index in [1.165, 1.54) is 11.1 Å². The fourth-order valence-electron chi connectivity index (χ4n) is 8.42. The first-order valence-corrected chi connectivity index (χ1v) is 19.0. The smallest absolute Gasteiger partial charge is 0.238 e. The summed E-state index contributed by atoms with van der Waals surface area (Å²) in [6.45, 7) is 0. The van der Waals surface area contributed by atoms with Gasteiger partial charge in [-0.2, -0.15) is 9.97 Å². The van der Waals surface area contributed by atoms with Crippen LogP contribution in [0, 0.1) is 0 Å². The molecule has 0 fully saturated rings. The van der Waals surface area contributed by atoms with Crippen molar-refractivity contribution in [3.63, 3.8) is 0 Å². The molecule has 0 N–H and O–H groups in total. The molecule has 0 aliphatic rings. The largest absolute Gasteiger partial charge is 0.456 e. The van der Waals surface area contributed by atoms with E-state index in [1.54, 1.807) is 0 Å². The summed E-state index contributed by atoms with van der Waals surface area (Å²) in [5.41, 5.74) is 11.5. The number of furan rings is 2. The van der Waals surface area contributed by atoms with Crippen molar-refractivity contribution < 1.29 is 8.83 Å². The van der Waals surface area contributed by atoms with Gasteiger partial charge in [0, 0.05) is 43.4 Å². The van der Waals surface area contributed by atoms with Crippen molar-refractivity contribution in [3.8, 4) is 51.0 Å². The summed E-state index contributed by atoms with van der Waals surface area (Å²) in [6.07, 6.45) is 0. The van der Waals surface area contributed by atoms with Gasteiger partial charge in [0.1, 0.15) is 22.3 Å². The Bertz CT molecular complexity index is 3510. The minimum atomic E-state index is 0.521. The molecule has 0 saturated carbocycles. The van der Waals surface area contributed by atoms with Crippen LogP contribution in [-0.4, -0.2) is 19.5 Å². The maximum Gasteiger partial charge on any atom is 0.238 e. The highest BCUT2D eigenvalue weighted by molar-refractivity contribution is 6.21. The molecule has 12 rings (SSSR count). The van der Waals surface area contributed by atoms with E-state index in [0.717, 1.165) is 87.9 Å². The van der Waals surface area contributed by atoms with Crippen molar-refractivity contribution >= 4 is 65.7 Å². The predicted molar refractivity (Wildman–Crippen MR) is 230 cm³/mol. The molecule has 0 aliphatic heterocycles. The van der Waals surface area contributed by atoms with E-state index in [4.69, 9.17) is 23.8 Å². The fourth-order valence-corrected chi connectivity index (χ4v) is 8.42. The van der Waals surface area contributed by atoms with Crippen LogP contribution in [0.5, 0.6) is 0 Å². The minimum absolute atomic E-state index is 0.521. The molecule has 0 amide bonds. The summed E-state index contributed by atoms with van der Waals surface area (Å²) in [5, 5.41) is 6.52. The first-order chi connectivity index (χ1) is 28.2. The van der Waals surface area contributed by atoms with E-state index in [1.807, 2.05) is 60.7 Å². The highest BCUT2D eigenvalue weighted by atomic mass is 16.3. The lowest BCUT2D eigenvalue weighted by Crippen LogP contribution is -2.06. The molecule has 0 aliphatic carbocycles. The van der Waals surface area contributed by atoms with Gasteiger partial charge in [0.15, 0.2) is 17.2 Å². The Kier molecular flexibility index (Phi) is 6.83. The average molecular weight is 731 g/mol. The first-order valence-electron chi connectivity index (χ1n) is 19.0. The Balaban J connectivity index is 1.01. The van der Waals surface area contributed by atoms with Gasteiger partial charge in [-0.05, 0) is 58.7 Å². The second-order valence-corrected chi connectivity index (χ2v) is 14.4. The summed E-state index contributed by atoms with van der Waals surface area (Å²) in [5.74, 6) is 1.69. The van der Waals surface area contributed by atoms with Gasteiger partial charge in [0.2, 0.25) is 5.95 Å². The Morgan fingerprint density at radius 1 is 0.368 bits per heavy atom. The second-order valence-electron chi connectivity index (χ2n) is 14.4. The number of fused-ring (bicyclic) bond motifs is 10. The van der Waals surface area contributed by atoms with Gasteiger partial charge in [-0.1, -0.05) is 146 Å². The monoisotopic (exact) mass is 730 g/mol. The molecule has 6 nitrogen and oxygen atoms in total. The zero-order valence-corrected chi connectivity index (χ0v) is 30.4. The number of para-hydroxylation sites is 2. The topological polar surface area (TPSA) is 69.9 Å². The van der Waals surface area contributed by atoms with Crippen LogP contribution in [-0.2, 0) is 0 Å². The fraction of sp³-hybridized carbons (Fsp3) is 0. The third kappa shape index (κ3) is 4.94. The molecular formula is C51H30N4O2. The van der Waals surface area contributed by atoms with Gasteiger partial charge in [0.05, 0.1) is 5.52 Å². The Morgan fingerprint density at radius 3 is 1.79 bits per heavy atom. The number of hydrogen-bond acceptors (Lipinski definition) is 5. The molecule has 0 saturated heterocycles. The summed E-state index contributed by atoms with van der Waals surface area (Å²) in [4.78, 5) is 15.4. The standard InChI is InChI=1S/C51H30N4O2/c1-3-12-32(13-4-1)36-18-11-21-44-46(36)41-27-26-35(30-45(41)56-44)31-22-24-34(25-23-31)50-52-49(33-14-5-2-6-15-33)53-51(54-50)55-42-19-9-7-16-37(42)39-28-29-40-38-17-8-10-20-43(38)57-48(40)47(39)55/h1-30H. The summed E-state index contributed by atoms with van der Waals surface area (Å²) >= 11 is 0. The van der Waals surface area contributed by atoms with E-state index in [9.17, 15) is 0 Å². The molecule has 0 radical (unpaired) electrons. The third-order valence-electron chi connectivity index (χ3n) is 11.1. The Morgan fingerprint density at radius 2 is 0.982 bits per heavy atom. The van der Waals surface area contributed by atoms with Gasteiger partial charge in [-0.3, -0.25) is 4.57 Å². The van der Waals surface area contributed by atoms with Crippen molar-refractivity contribution in [3.05, 3.63) is 182 Å². The second kappa shape index (κ2) is 12.3. The molecule has 12 aromatic rings. The van der Waals surface area contributed by atoms with Crippen LogP contribution in [0.1, 0.15) is 0 Å². The molecule has 266 valence electrons. The number of hydrogen-bond donors (Lipinski definition) is 0. The lowest BCUT2D eigenvalue weighted by Gasteiger charge is -2.11. The molecular weight excluding hydrogens is 701 g/mol. The van der Waals surface area contributed by atoms with E-state index in [0.29, 0.717) is 17.6 Å². The highest BCUT2D eigenvalue weighted by Gasteiger charge is 2.22. The van der Waals surface area contributed by atoms with Crippen LogP contribution < -0.4 is 0 Å². The van der Waals surface area contributed by atoms with Crippen LogP contribution in [0.2, 0.25) is 0 Å². The first kappa shape index (κ1) is 31.5. The highest BCUT2D eigenvalue weighted by Crippen LogP contribution is 2.41. The maximum atomic E-state index is 6.61. The van der Waals surface area contributed by atoms with Crippen molar-refractivity contribution in [2.75, 3.05) is 0 Å². The normalized spacial score (nSPS) is 11.9. The number of nitrogens with zero attached hydrogens (tertiary/aromatic N) is 4. The lowest BCUT2D eigenvalue weighted by molar-refractivity contribution is 0.669. The van der Waals surface area contributed by atoms with Crippen molar-refractivity contribution in [2.45, 2.75) is 0 Å². The lowest BCUT2D eigenvalue weighted by atomic mass is 9.98. The molecule has 0 spiro atoms. The molecule has 4 heterocycles. The summed E-state index contributed by atoms with van der Waals surface area (Å²) < 4.78 is 15.2. The number of aromatic nitrogens is 4. The number of benzene rings is 8. The SMILES string of the molecule is c1ccc(-c2nc(-c3ccc(-c4ccc5c(c4)oc4cccc(-c6ccccc6)c45)cc3)nc(-n3c4ccccc4c4ccc5c6ccccc6oc5c43)n2)cc1. The van der Waals surface area contributed by atoms with Gasteiger partial charge >= 0.3 is 0 Å². The Labute approximate surface area is 325 Å². The third-order valence-corrected chi connectivity index (χ3v) is 11.1. The van der Waals surface area contributed by atoms with Crippen LogP contribution in [0.25, 0.3) is 117 Å². The average Bonchev–Trinajstić information content (AvgIpc) is 3.96. The van der Waals surface area contributed by atoms with Crippen molar-refractivity contribution in [1.82, 2.24) is 19.5 Å². The zero-order valence-electron chi connectivity index (χ0n) is 30.4. The van der Waals surface area contributed by atoms with Crippen LogP contribution in [0.3, 0.4) is 0 Å². The maximum absolute atomic E-state index is 6.61. The molecule has 8 aromatic carbocycles. The molecule has 0 bridgehead atoms. The van der Waals surface area contributed by atoms with Gasteiger partial charge in [-0.25, -0.2) is 4.98 Å². The van der Waals surface area contributed by atoms with Gasteiger partial charge in [-0.15, -0.1) is 0 Å². The Hall–Kier alpha value is -7.83.